The van der Waals surface area contributed by atoms with E-state index in [2.05, 4.69) is 179 Å². The van der Waals surface area contributed by atoms with E-state index in [1.807, 2.05) is 24.3 Å². The zero-order valence-electron chi connectivity index (χ0n) is 30.2. The maximum absolute atomic E-state index is 6.55. The highest BCUT2D eigenvalue weighted by Crippen LogP contribution is 2.43. The molecule has 262 valence electrons. The van der Waals surface area contributed by atoms with Gasteiger partial charge in [0.15, 0.2) is 0 Å². The quantitative estimate of drug-likeness (QED) is 0.178. The Balaban J connectivity index is 1.07. The van der Waals surface area contributed by atoms with Gasteiger partial charge in [0.25, 0.3) is 0 Å². The van der Waals surface area contributed by atoms with E-state index in [0.29, 0.717) is 0 Å². The predicted molar refractivity (Wildman–Crippen MR) is 233 cm³/mol. The molecular weight excluding hydrogens is 685 g/mol. The van der Waals surface area contributed by atoms with Gasteiger partial charge in [-0.3, -0.25) is 0 Å². The molecule has 0 unspecified atom stereocenters. The van der Waals surface area contributed by atoms with Gasteiger partial charge in [-0.15, -0.1) is 0 Å². The minimum atomic E-state index is 0.894. The summed E-state index contributed by atoms with van der Waals surface area (Å²) in [5.74, 6) is 0. The highest BCUT2D eigenvalue weighted by Gasteiger charge is 2.19. The van der Waals surface area contributed by atoms with Gasteiger partial charge in [0.2, 0.25) is 0 Å². The van der Waals surface area contributed by atoms with E-state index in [0.717, 1.165) is 99.4 Å². The third kappa shape index (κ3) is 4.66. The van der Waals surface area contributed by atoms with E-state index in [1.54, 1.807) is 0 Å². The van der Waals surface area contributed by atoms with Gasteiger partial charge in [-0.2, -0.15) is 0 Å². The number of anilines is 3. The van der Waals surface area contributed by atoms with Crippen molar-refractivity contribution in [2.24, 2.45) is 0 Å². The fraction of sp³-hybridized carbons (Fsp3) is 0. The number of nitrogens with zero attached hydrogens (tertiary/aromatic N) is 2. The maximum atomic E-state index is 6.55. The van der Waals surface area contributed by atoms with Gasteiger partial charge in [-0.25, -0.2) is 0 Å². The summed E-state index contributed by atoms with van der Waals surface area (Å²) < 4.78 is 15.5. The van der Waals surface area contributed by atoms with Crippen molar-refractivity contribution in [3.63, 3.8) is 0 Å². The van der Waals surface area contributed by atoms with Gasteiger partial charge in [0.05, 0.1) is 11.2 Å². The molecule has 0 aliphatic carbocycles. The number of hydrogen-bond acceptors (Lipinski definition) is 3. The van der Waals surface area contributed by atoms with E-state index in [-0.39, 0.29) is 0 Å². The highest BCUT2D eigenvalue weighted by molar-refractivity contribution is 6.17. The molecule has 0 aliphatic heterocycles. The number of para-hydroxylation sites is 4. The Labute approximate surface area is 321 Å². The van der Waals surface area contributed by atoms with E-state index < -0.39 is 0 Å². The molecule has 0 fully saturated rings. The Bertz CT molecular complexity index is 3330. The largest absolute Gasteiger partial charge is 0.455 e. The molecule has 0 saturated carbocycles. The number of furan rings is 2. The first kappa shape index (κ1) is 30.9. The molecule has 0 bridgehead atoms. The van der Waals surface area contributed by atoms with Crippen LogP contribution in [-0.4, -0.2) is 4.57 Å². The number of benzene rings is 9. The fourth-order valence-electron chi connectivity index (χ4n) is 8.71. The Kier molecular flexibility index (Phi) is 6.60. The Morgan fingerprint density at radius 3 is 1.50 bits per heavy atom. The Morgan fingerprint density at radius 1 is 0.357 bits per heavy atom. The molecule has 0 radical (unpaired) electrons. The summed E-state index contributed by atoms with van der Waals surface area (Å²) in [4.78, 5) is 2.35. The molecule has 12 aromatic rings. The second-order valence-electron chi connectivity index (χ2n) is 14.5. The SMILES string of the molecule is c1ccc(-n2c(-c3ccc(N(c4ccc5ccc6c7ccccc7oc6c5c4)c4ccc5ccc6c7ccccc7oc6c5c4)cc3)cc3ccccc32)cc1. The predicted octanol–water partition coefficient (Wildman–Crippen LogP) is 14.9. The average Bonchev–Trinajstić information content (AvgIpc) is 3.96. The summed E-state index contributed by atoms with van der Waals surface area (Å²) in [6, 6.07) is 69.1. The van der Waals surface area contributed by atoms with Crippen LogP contribution >= 0.6 is 0 Å². The van der Waals surface area contributed by atoms with Crippen LogP contribution in [0.25, 0.3) is 93.3 Å². The van der Waals surface area contributed by atoms with Crippen LogP contribution in [-0.2, 0) is 0 Å². The second-order valence-corrected chi connectivity index (χ2v) is 14.5. The van der Waals surface area contributed by atoms with Gasteiger partial charge < -0.3 is 18.3 Å². The van der Waals surface area contributed by atoms with Crippen molar-refractivity contribution in [3.8, 4) is 16.9 Å². The molecular formula is C52H32N2O2. The van der Waals surface area contributed by atoms with Crippen LogP contribution in [0.15, 0.2) is 203 Å². The van der Waals surface area contributed by atoms with Gasteiger partial charge in [0.1, 0.15) is 22.3 Å². The van der Waals surface area contributed by atoms with Crippen LogP contribution in [0.5, 0.6) is 0 Å². The first-order valence-electron chi connectivity index (χ1n) is 19.0. The van der Waals surface area contributed by atoms with Crippen molar-refractivity contribution >= 4 is 93.4 Å². The van der Waals surface area contributed by atoms with Crippen LogP contribution in [0.1, 0.15) is 0 Å². The molecule has 3 aromatic heterocycles. The summed E-state index contributed by atoms with van der Waals surface area (Å²) in [6.07, 6.45) is 0. The molecule has 56 heavy (non-hydrogen) atoms. The maximum Gasteiger partial charge on any atom is 0.143 e. The molecule has 0 amide bonds. The Hall–Kier alpha value is -7.56. The molecule has 0 N–H and O–H groups in total. The van der Waals surface area contributed by atoms with Crippen LogP contribution in [0.3, 0.4) is 0 Å². The minimum Gasteiger partial charge on any atom is -0.455 e. The third-order valence-electron chi connectivity index (χ3n) is 11.4. The molecule has 0 aliphatic rings. The summed E-state index contributed by atoms with van der Waals surface area (Å²) in [5.41, 5.74) is 11.3. The van der Waals surface area contributed by atoms with Crippen molar-refractivity contribution in [3.05, 3.63) is 194 Å². The smallest absolute Gasteiger partial charge is 0.143 e. The molecule has 12 rings (SSSR count). The first-order chi connectivity index (χ1) is 27.7. The standard InChI is InChI=1S/C52H32N2O2/c1-2-11-37(12-3-1)54-47-15-7-4-10-36(47)30-48(54)35-20-24-38(25-21-35)53(39-26-18-33-22-28-43-41-13-5-8-16-49(41)55-51(43)45(33)31-39)40-27-19-34-23-29-44-42-14-6-9-17-50(42)56-52(44)46(34)32-40/h1-32H. The van der Waals surface area contributed by atoms with E-state index in [9.17, 15) is 0 Å². The summed E-state index contributed by atoms with van der Waals surface area (Å²) >= 11 is 0. The van der Waals surface area contributed by atoms with Crippen molar-refractivity contribution in [2.75, 3.05) is 4.90 Å². The second kappa shape index (κ2) is 12.0. The molecule has 9 aromatic carbocycles. The monoisotopic (exact) mass is 716 g/mol. The van der Waals surface area contributed by atoms with E-state index in [1.165, 1.54) is 10.9 Å². The molecule has 0 saturated heterocycles. The normalized spacial score (nSPS) is 11.9. The summed E-state index contributed by atoms with van der Waals surface area (Å²) in [5, 5.41) is 10.1. The lowest BCUT2D eigenvalue weighted by Gasteiger charge is -2.26. The number of hydrogen-bond donors (Lipinski definition) is 0. The van der Waals surface area contributed by atoms with Gasteiger partial charge in [-0.05, 0) is 101 Å². The minimum absolute atomic E-state index is 0.894. The summed E-state index contributed by atoms with van der Waals surface area (Å²) in [7, 11) is 0. The van der Waals surface area contributed by atoms with Crippen LogP contribution in [0.2, 0.25) is 0 Å². The number of aromatic nitrogens is 1. The average molecular weight is 717 g/mol. The summed E-state index contributed by atoms with van der Waals surface area (Å²) in [6.45, 7) is 0. The topological polar surface area (TPSA) is 34.5 Å². The zero-order valence-corrected chi connectivity index (χ0v) is 30.2. The lowest BCUT2D eigenvalue weighted by atomic mass is 10.0. The van der Waals surface area contributed by atoms with E-state index in [4.69, 9.17) is 8.83 Å². The fourth-order valence-corrected chi connectivity index (χ4v) is 8.71. The molecule has 0 spiro atoms. The lowest BCUT2D eigenvalue weighted by Crippen LogP contribution is -2.10. The zero-order chi connectivity index (χ0) is 36.7. The van der Waals surface area contributed by atoms with Crippen LogP contribution in [0, 0.1) is 0 Å². The molecule has 4 heteroatoms. The van der Waals surface area contributed by atoms with Crippen molar-refractivity contribution in [2.45, 2.75) is 0 Å². The number of fused-ring (bicyclic) bond motifs is 11. The van der Waals surface area contributed by atoms with Crippen molar-refractivity contribution in [1.29, 1.82) is 0 Å². The number of rotatable bonds is 5. The molecule has 0 atom stereocenters. The van der Waals surface area contributed by atoms with Gasteiger partial charge >= 0.3 is 0 Å². The Morgan fingerprint density at radius 2 is 0.875 bits per heavy atom. The van der Waals surface area contributed by atoms with Crippen LogP contribution in [0.4, 0.5) is 17.1 Å². The van der Waals surface area contributed by atoms with E-state index >= 15 is 0 Å². The van der Waals surface area contributed by atoms with Gasteiger partial charge in [0, 0.05) is 60.5 Å². The molecule has 4 nitrogen and oxygen atoms in total. The lowest BCUT2D eigenvalue weighted by molar-refractivity contribution is 0.672. The van der Waals surface area contributed by atoms with Crippen molar-refractivity contribution < 1.29 is 8.83 Å². The van der Waals surface area contributed by atoms with Gasteiger partial charge in [-0.1, -0.05) is 109 Å². The third-order valence-corrected chi connectivity index (χ3v) is 11.4. The van der Waals surface area contributed by atoms with Crippen molar-refractivity contribution in [1.82, 2.24) is 4.57 Å². The molecule has 3 heterocycles. The first-order valence-corrected chi connectivity index (χ1v) is 19.0. The van der Waals surface area contributed by atoms with Crippen LogP contribution < -0.4 is 4.90 Å². The highest BCUT2D eigenvalue weighted by atomic mass is 16.3.